The van der Waals surface area contributed by atoms with E-state index in [4.69, 9.17) is 0 Å². The molecule has 2 amide bonds. The minimum atomic E-state index is -0.348. The van der Waals surface area contributed by atoms with E-state index in [1.807, 2.05) is 11.6 Å². The number of rotatable bonds is 5. The topological polar surface area (TPSA) is 101 Å². The molecule has 0 unspecified atom stereocenters. The van der Waals surface area contributed by atoms with Crippen molar-refractivity contribution in [3.63, 3.8) is 0 Å². The van der Waals surface area contributed by atoms with Gasteiger partial charge >= 0.3 is 0 Å². The van der Waals surface area contributed by atoms with E-state index in [0.717, 1.165) is 44.5 Å². The van der Waals surface area contributed by atoms with Gasteiger partial charge in [0, 0.05) is 6.04 Å². The third kappa shape index (κ3) is 4.34. The van der Waals surface area contributed by atoms with Gasteiger partial charge < -0.3 is 16.0 Å². The number of amides is 2. The van der Waals surface area contributed by atoms with Gasteiger partial charge in [0.1, 0.15) is 0 Å². The van der Waals surface area contributed by atoms with Crippen LogP contribution in [0.5, 0.6) is 0 Å². The van der Waals surface area contributed by atoms with Crippen molar-refractivity contribution in [1.82, 2.24) is 25.6 Å². The van der Waals surface area contributed by atoms with E-state index >= 15 is 0 Å². The fraction of sp³-hybridized carbons (Fsp3) is 0.474. The number of nitrogens with zero attached hydrogens (tertiary/aromatic N) is 3. The first-order valence-corrected chi connectivity index (χ1v) is 9.47. The van der Waals surface area contributed by atoms with Crippen LogP contribution in [0.1, 0.15) is 58.3 Å². The summed E-state index contributed by atoms with van der Waals surface area (Å²) >= 11 is 0. The molecule has 8 nitrogen and oxygen atoms in total. The number of halogens is 1. The molecule has 1 aliphatic heterocycles. The van der Waals surface area contributed by atoms with Crippen molar-refractivity contribution in [2.24, 2.45) is 0 Å². The number of piperidine rings is 1. The maximum Gasteiger partial charge on any atom is 0.278 e. The second-order valence-corrected chi connectivity index (χ2v) is 7.20. The monoisotopic (exact) mass is 404 g/mol. The van der Waals surface area contributed by atoms with Crippen molar-refractivity contribution in [2.45, 2.75) is 44.7 Å². The van der Waals surface area contributed by atoms with Crippen LogP contribution in [-0.4, -0.2) is 45.9 Å². The number of aromatic nitrogens is 3. The van der Waals surface area contributed by atoms with Crippen molar-refractivity contribution in [1.29, 1.82) is 0 Å². The molecular weight excluding hydrogens is 380 g/mol. The molecule has 1 saturated carbocycles. The van der Waals surface area contributed by atoms with E-state index in [1.165, 1.54) is 0 Å². The van der Waals surface area contributed by atoms with Gasteiger partial charge in [-0.25, -0.2) is 4.68 Å². The van der Waals surface area contributed by atoms with Crippen LogP contribution in [-0.2, 0) is 0 Å². The Morgan fingerprint density at radius 2 is 1.82 bits per heavy atom. The average Bonchev–Trinajstić information content (AvgIpc) is 3.41. The summed E-state index contributed by atoms with van der Waals surface area (Å²) in [7, 11) is 0. The van der Waals surface area contributed by atoms with Crippen LogP contribution in [0.15, 0.2) is 24.3 Å². The zero-order valence-electron chi connectivity index (χ0n) is 15.8. The highest BCUT2D eigenvalue weighted by molar-refractivity contribution is 6.08. The largest absolute Gasteiger partial charge is 0.349 e. The van der Waals surface area contributed by atoms with Crippen LogP contribution in [0, 0.1) is 6.92 Å². The summed E-state index contributed by atoms with van der Waals surface area (Å²) in [4.78, 5) is 25.2. The second kappa shape index (κ2) is 8.70. The Labute approximate surface area is 169 Å². The minimum absolute atomic E-state index is 0. The zero-order valence-corrected chi connectivity index (χ0v) is 16.6. The lowest BCUT2D eigenvalue weighted by atomic mass is 10.1. The Hall–Kier alpha value is -2.45. The van der Waals surface area contributed by atoms with E-state index < -0.39 is 0 Å². The highest BCUT2D eigenvalue weighted by atomic mass is 35.5. The highest BCUT2D eigenvalue weighted by Crippen LogP contribution is 2.23. The molecule has 0 radical (unpaired) electrons. The predicted octanol–water partition coefficient (Wildman–Crippen LogP) is 2.08. The molecule has 3 N–H and O–H groups in total. The Kier molecular flexibility index (Phi) is 6.31. The van der Waals surface area contributed by atoms with E-state index in [2.05, 4.69) is 26.3 Å². The normalized spacial score (nSPS) is 16.9. The van der Waals surface area contributed by atoms with Crippen molar-refractivity contribution in [3.05, 3.63) is 41.2 Å². The third-order valence-corrected chi connectivity index (χ3v) is 5.13. The summed E-state index contributed by atoms with van der Waals surface area (Å²) < 4.78 is 1.85. The number of benzene rings is 1. The number of hydrogen-bond acceptors (Lipinski definition) is 5. The van der Waals surface area contributed by atoms with Crippen LogP contribution in [0.4, 0.5) is 5.69 Å². The van der Waals surface area contributed by atoms with Crippen molar-refractivity contribution < 1.29 is 9.59 Å². The molecule has 0 spiro atoms. The molecular formula is C19H25ClN6O2. The van der Waals surface area contributed by atoms with Gasteiger partial charge in [0.05, 0.1) is 23.0 Å². The minimum Gasteiger partial charge on any atom is -0.349 e. The molecule has 1 aliphatic carbocycles. The number of carbonyl (C=O) groups is 2. The van der Waals surface area contributed by atoms with E-state index in [1.54, 1.807) is 24.3 Å². The molecule has 1 aromatic carbocycles. The zero-order chi connectivity index (χ0) is 18.8. The van der Waals surface area contributed by atoms with Crippen LogP contribution in [0.2, 0.25) is 0 Å². The fourth-order valence-electron chi connectivity index (χ4n) is 3.41. The molecule has 0 atom stereocenters. The molecule has 1 saturated heterocycles. The number of carbonyl (C=O) groups excluding carboxylic acids is 2. The third-order valence-electron chi connectivity index (χ3n) is 5.13. The van der Waals surface area contributed by atoms with Gasteiger partial charge in [-0.15, -0.1) is 17.5 Å². The van der Waals surface area contributed by atoms with Gasteiger partial charge in [-0.1, -0.05) is 17.3 Å². The molecule has 2 heterocycles. The maximum atomic E-state index is 12.8. The summed E-state index contributed by atoms with van der Waals surface area (Å²) in [6.45, 7) is 3.74. The van der Waals surface area contributed by atoms with Crippen molar-refractivity contribution >= 4 is 29.9 Å². The summed E-state index contributed by atoms with van der Waals surface area (Å²) in [5.74, 6) is -0.511. The standard InChI is InChI=1S/C19H24N6O2.ClH/c1-12-17(23-24-25(12)14-8-10-20-11-9-14)19(27)22-16-5-3-2-4-15(16)18(26)21-13-6-7-13;/h2-5,13-14,20H,6-11H2,1H3,(H,21,26)(H,22,27);1H. The van der Waals surface area contributed by atoms with Gasteiger partial charge in [-0.2, -0.15) is 0 Å². The number of para-hydroxylation sites is 1. The molecule has 4 rings (SSSR count). The van der Waals surface area contributed by atoms with Gasteiger partial charge in [-0.05, 0) is 57.8 Å². The molecule has 2 fully saturated rings. The first-order valence-electron chi connectivity index (χ1n) is 9.47. The first kappa shape index (κ1) is 20.3. The summed E-state index contributed by atoms with van der Waals surface area (Å²) in [6.07, 6.45) is 3.96. The Bertz CT molecular complexity index is 858. The number of anilines is 1. The van der Waals surface area contributed by atoms with E-state index in [-0.39, 0.29) is 36.3 Å². The van der Waals surface area contributed by atoms with E-state index in [9.17, 15) is 9.59 Å². The molecule has 28 heavy (non-hydrogen) atoms. The lowest BCUT2D eigenvalue weighted by Gasteiger charge is -2.23. The molecule has 1 aromatic heterocycles. The molecule has 9 heteroatoms. The first-order chi connectivity index (χ1) is 13.1. The van der Waals surface area contributed by atoms with Gasteiger partial charge in [0.2, 0.25) is 0 Å². The Morgan fingerprint density at radius 3 is 2.54 bits per heavy atom. The van der Waals surface area contributed by atoms with Gasteiger partial charge in [-0.3, -0.25) is 9.59 Å². The smallest absolute Gasteiger partial charge is 0.278 e. The van der Waals surface area contributed by atoms with Gasteiger partial charge in [0.15, 0.2) is 5.69 Å². The van der Waals surface area contributed by atoms with Crippen molar-refractivity contribution in [2.75, 3.05) is 18.4 Å². The Morgan fingerprint density at radius 1 is 1.11 bits per heavy atom. The highest BCUT2D eigenvalue weighted by Gasteiger charge is 2.26. The van der Waals surface area contributed by atoms with Crippen molar-refractivity contribution in [3.8, 4) is 0 Å². The lowest BCUT2D eigenvalue weighted by molar-refractivity contribution is 0.0952. The van der Waals surface area contributed by atoms with Crippen LogP contribution >= 0.6 is 12.4 Å². The summed E-state index contributed by atoms with van der Waals surface area (Å²) in [5, 5.41) is 17.4. The average molecular weight is 405 g/mol. The second-order valence-electron chi connectivity index (χ2n) is 7.20. The Balaban J connectivity index is 0.00000225. The lowest BCUT2D eigenvalue weighted by Crippen LogP contribution is -2.30. The fourth-order valence-corrected chi connectivity index (χ4v) is 3.41. The quantitative estimate of drug-likeness (QED) is 0.708. The predicted molar refractivity (Wildman–Crippen MR) is 108 cm³/mol. The number of nitrogens with one attached hydrogen (secondary N) is 3. The van der Waals surface area contributed by atoms with Crippen LogP contribution in [0.25, 0.3) is 0 Å². The molecule has 2 aromatic rings. The number of hydrogen-bond donors (Lipinski definition) is 3. The van der Waals surface area contributed by atoms with Crippen LogP contribution in [0.3, 0.4) is 0 Å². The van der Waals surface area contributed by atoms with Crippen LogP contribution < -0.4 is 16.0 Å². The molecule has 2 aliphatic rings. The molecule has 0 bridgehead atoms. The summed E-state index contributed by atoms with van der Waals surface area (Å²) in [6, 6.07) is 7.54. The SMILES string of the molecule is Cc1c(C(=O)Nc2ccccc2C(=O)NC2CC2)nnn1C1CCNCC1.Cl. The van der Waals surface area contributed by atoms with E-state index in [0.29, 0.717) is 16.9 Å². The summed E-state index contributed by atoms with van der Waals surface area (Å²) in [5.41, 5.74) is 1.99. The maximum absolute atomic E-state index is 12.8. The molecule has 150 valence electrons. The van der Waals surface area contributed by atoms with Gasteiger partial charge in [0.25, 0.3) is 11.8 Å².